The van der Waals surface area contributed by atoms with Crippen LogP contribution in [0.5, 0.6) is 5.75 Å². The minimum Gasteiger partial charge on any atom is -0.507 e. The highest BCUT2D eigenvalue weighted by atomic mass is 16.3. The van der Waals surface area contributed by atoms with Gasteiger partial charge < -0.3 is 5.11 Å². The Bertz CT molecular complexity index is 3990. The van der Waals surface area contributed by atoms with Gasteiger partial charge >= 0.3 is 0 Å². The molecule has 0 atom stereocenters. The number of imidazole rings is 1. The molecule has 0 saturated heterocycles. The first-order chi connectivity index (χ1) is 38.2. The molecule has 9 aromatic carbocycles. The number of phenols is 1. The third kappa shape index (κ3) is 9.81. The van der Waals surface area contributed by atoms with E-state index in [1.807, 2.05) is 79.0 Å². The van der Waals surface area contributed by atoms with Gasteiger partial charge in [0.05, 0.1) is 28.0 Å². The van der Waals surface area contributed by atoms with Crippen LogP contribution in [0, 0.1) is 5.92 Å². The molecule has 1 saturated carbocycles. The molecule has 0 unspecified atom stereocenters. The van der Waals surface area contributed by atoms with Crippen LogP contribution in [0.25, 0.3) is 95.0 Å². The van der Waals surface area contributed by atoms with Crippen molar-refractivity contribution in [1.29, 1.82) is 0 Å². The van der Waals surface area contributed by atoms with Crippen molar-refractivity contribution in [3.63, 3.8) is 0 Å². The lowest BCUT2D eigenvalue weighted by Gasteiger charge is -2.26. The summed E-state index contributed by atoms with van der Waals surface area (Å²) in [6.45, 7) is 11.3. The van der Waals surface area contributed by atoms with Gasteiger partial charge in [-0.1, -0.05) is 230 Å². The zero-order valence-corrected chi connectivity index (χ0v) is 44.6. The van der Waals surface area contributed by atoms with E-state index >= 15 is 0 Å². The van der Waals surface area contributed by atoms with E-state index in [1.165, 1.54) is 11.1 Å². The average molecular weight is 1000 g/mol. The molecule has 4 nitrogen and oxygen atoms in total. The molecule has 0 spiro atoms. The highest BCUT2D eigenvalue weighted by Gasteiger charge is 2.27. The standard InChI is InChI=1S/C73H65N3O/c1-72(2,3)61-44-57(43-58(45-61)66-48-55(39-40-74-66)52-34-36-60(37-35-52)73(4,5)59-29-16-9-17-30-59)62-31-20-32-68-69(62)75-71(65-47-56(51-23-10-6-11-24-51)46-64(70(65)77)54-27-14-8-15-28-54)76(68)67-38-33-50(41-49-21-18-19-22-49)42-63(67)53-25-12-7-13-26-53/h6-17,20,23-40,42-49,77H,18-19,21-22,41H2,1-5H3/i41D2. The van der Waals surface area contributed by atoms with Crippen LogP contribution in [0.4, 0.5) is 0 Å². The van der Waals surface area contributed by atoms with Crippen molar-refractivity contribution in [3.8, 4) is 89.7 Å². The number of pyridine rings is 1. The Labute approximate surface area is 457 Å². The molecule has 12 rings (SSSR count). The van der Waals surface area contributed by atoms with Crippen LogP contribution in [-0.2, 0) is 17.2 Å². The predicted octanol–water partition coefficient (Wildman–Crippen LogP) is 19.2. The maximum absolute atomic E-state index is 12.9. The molecule has 0 aliphatic heterocycles. The molecular weight excluding hydrogens is 935 g/mol. The van der Waals surface area contributed by atoms with Crippen LogP contribution in [0.15, 0.2) is 231 Å². The monoisotopic (exact) mass is 1000 g/mol. The smallest absolute Gasteiger partial charge is 0.149 e. The summed E-state index contributed by atoms with van der Waals surface area (Å²) >= 11 is 0. The molecular formula is C73H65N3O. The molecule has 1 aliphatic rings. The van der Waals surface area contributed by atoms with Crippen LogP contribution >= 0.6 is 0 Å². The van der Waals surface area contributed by atoms with E-state index < -0.39 is 6.37 Å². The average Bonchev–Trinajstić information content (AvgIpc) is 4.33. The second-order valence-electron chi connectivity index (χ2n) is 22.4. The van der Waals surface area contributed by atoms with E-state index in [-0.39, 0.29) is 22.5 Å². The third-order valence-corrected chi connectivity index (χ3v) is 15.9. The molecule has 11 aromatic rings. The van der Waals surface area contributed by atoms with Gasteiger partial charge in [-0.15, -0.1) is 0 Å². The van der Waals surface area contributed by atoms with Crippen molar-refractivity contribution in [2.24, 2.45) is 5.92 Å². The van der Waals surface area contributed by atoms with Gasteiger partial charge in [0.15, 0.2) is 0 Å². The van der Waals surface area contributed by atoms with Crippen LogP contribution in [0.1, 0.15) is 85.3 Å². The van der Waals surface area contributed by atoms with Gasteiger partial charge in [0.1, 0.15) is 11.6 Å². The highest BCUT2D eigenvalue weighted by molar-refractivity contribution is 5.99. The number of hydrogen-bond donors (Lipinski definition) is 1. The van der Waals surface area contributed by atoms with E-state index in [2.05, 4.69) is 191 Å². The van der Waals surface area contributed by atoms with Crippen molar-refractivity contribution in [2.75, 3.05) is 0 Å². The van der Waals surface area contributed by atoms with Gasteiger partial charge in [-0.05, 0) is 134 Å². The zero-order chi connectivity index (χ0) is 54.5. The van der Waals surface area contributed by atoms with Crippen LogP contribution in [0.2, 0.25) is 0 Å². The largest absolute Gasteiger partial charge is 0.507 e. The van der Waals surface area contributed by atoms with Crippen LogP contribution in [0.3, 0.4) is 0 Å². The molecule has 77 heavy (non-hydrogen) atoms. The maximum atomic E-state index is 12.9. The maximum Gasteiger partial charge on any atom is 0.149 e. The van der Waals surface area contributed by atoms with Crippen molar-refractivity contribution >= 4 is 11.0 Å². The highest BCUT2D eigenvalue weighted by Crippen LogP contribution is 2.46. The summed E-state index contributed by atoms with van der Waals surface area (Å²) in [6, 6.07) is 78.1. The summed E-state index contributed by atoms with van der Waals surface area (Å²) < 4.78 is 21.4. The molecule has 4 heteroatoms. The Morgan fingerprint density at radius 3 is 1.75 bits per heavy atom. The van der Waals surface area contributed by atoms with E-state index in [9.17, 15) is 7.85 Å². The minimum absolute atomic E-state index is 0.0565. The molecule has 378 valence electrons. The summed E-state index contributed by atoms with van der Waals surface area (Å²) in [4.78, 5) is 10.8. The lowest BCUT2D eigenvalue weighted by Crippen LogP contribution is -2.18. The van der Waals surface area contributed by atoms with Gasteiger partial charge in [0.25, 0.3) is 0 Å². The van der Waals surface area contributed by atoms with Gasteiger partial charge in [-0.2, -0.15) is 0 Å². The first kappa shape index (κ1) is 46.9. The SMILES string of the molecule is [2H]C([2H])(c1ccc(-n2c(-c3cc(-c4ccccc4)cc(-c4ccccc4)c3O)nc3c(-c4cc(-c5cc(-c6ccc(C(C)(C)c7ccccc7)cc6)ccn5)cc(C(C)(C)C)c4)cccc32)c(-c2ccccc2)c1)C1CCCC1. The number of hydrogen-bond acceptors (Lipinski definition) is 3. The quantitative estimate of drug-likeness (QED) is 0.133. The molecule has 1 fully saturated rings. The lowest BCUT2D eigenvalue weighted by molar-refractivity contribution is 0.479. The molecule has 1 N–H and O–H groups in total. The number of nitrogens with zero attached hydrogens (tertiary/aromatic N) is 3. The number of phenolic OH excluding ortho intramolecular Hbond substituents is 1. The molecule has 2 heterocycles. The predicted molar refractivity (Wildman–Crippen MR) is 322 cm³/mol. The fraction of sp³-hybridized carbons (Fsp3) is 0.178. The molecule has 0 amide bonds. The lowest BCUT2D eigenvalue weighted by atomic mass is 9.78. The van der Waals surface area contributed by atoms with E-state index in [0.29, 0.717) is 22.5 Å². The van der Waals surface area contributed by atoms with Gasteiger partial charge in [0, 0.05) is 36.6 Å². The topological polar surface area (TPSA) is 50.9 Å². The van der Waals surface area contributed by atoms with Crippen molar-refractivity contribution < 1.29 is 7.85 Å². The Hall–Kier alpha value is -8.60. The fourth-order valence-corrected chi connectivity index (χ4v) is 11.4. The summed E-state index contributed by atoms with van der Waals surface area (Å²) in [5.41, 5.74) is 18.4. The number of aromatic hydroxyl groups is 1. The molecule has 2 aromatic heterocycles. The molecule has 1 aliphatic carbocycles. The number of benzene rings is 9. The fourth-order valence-electron chi connectivity index (χ4n) is 11.4. The van der Waals surface area contributed by atoms with E-state index in [0.717, 1.165) is 109 Å². The Morgan fingerprint density at radius 1 is 0.481 bits per heavy atom. The molecule has 0 radical (unpaired) electrons. The van der Waals surface area contributed by atoms with Gasteiger partial charge in [-0.3, -0.25) is 9.55 Å². The third-order valence-electron chi connectivity index (χ3n) is 15.9. The van der Waals surface area contributed by atoms with Crippen molar-refractivity contribution in [2.45, 2.75) is 77.5 Å². The number of fused-ring (bicyclic) bond motifs is 1. The Kier molecular flexibility index (Phi) is 12.5. The first-order valence-corrected chi connectivity index (χ1v) is 27.2. The summed E-state index contributed by atoms with van der Waals surface area (Å²) in [5.74, 6) is 0.634. The number of para-hydroxylation sites is 1. The summed E-state index contributed by atoms with van der Waals surface area (Å²) in [6.07, 6.45) is 4.23. The normalized spacial score (nSPS) is 13.7. The van der Waals surface area contributed by atoms with Crippen LogP contribution in [-0.4, -0.2) is 19.6 Å². The Morgan fingerprint density at radius 2 is 1.08 bits per heavy atom. The van der Waals surface area contributed by atoms with Gasteiger partial charge in [0.2, 0.25) is 0 Å². The summed E-state index contributed by atoms with van der Waals surface area (Å²) in [5, 5.41) is 12.9. The molecule has 0 bridgehead atoms. The second-order valence-corrected chi connectivity index (χ2v) is 22.4. The van der Waals surface area contributed by atoms with E-state index in [1.54, 1.807) is 0 Å². The van der Waals surface area contributed by atoms with Crippen molar-refractivity contribution in [1.82, 2.24) is 14.5 Å². The number of aromatic nitrogens is 3. The van der Waals surface area contributed by atoms with Gasteiger partial charge in [-0.25, -0.2) is 4.98 Å². The van der Waals surface area contributed by atoms with Crippen LogP contribution < -0.4 is 0 Å². The Balaban J connectivity index is 1.07. The second kappa shape index (κ2) is 20.5. The number of rotatable bonds is 12. The zero-order valence-electron chi connectivity index (χ0n) is 46.6. The van der Waals surface area contributed by atoms with Crippen molar-refractivity contribution in [3.05, 3.63) is 253 Å². The first-order valence-electron chi connectivity index (χ1n) is 28.2. The minimum atomic E-state index is -1.52. The van der Waals surface area contributed by atoms with E-state index in [4.69, 9.17) is 9.97 Å². The summed E-state index contributed by atoms with van der Waals surface area (Å²) in [7, 11) is 0.